The second kappa shape index (κ2) is 7.54. The average Bonchev–Trinajstić information content (AvgIpc) is 3.02. The van der Waals surface area contributed by atoms with E-state index in [2.05, 4.69) is 4.98 Å². The van der Waals surface area contributed by atoms with Crippen molar-refractivity contribution in [1.29, 1.82) is 0 Å². The topological polar surface area (TPSA) is 100 Å². The largest absolute Gasteiger partial charge is 0.480 e. The number of likely N-dealkylation sites (tertiary alicyclic amines) is 2. The van der Waals surface area contributed by atoms with Crippen molar-refractivity contribution in [3.8, 4) is 5.88 Å². The standard InChI is InChI=1S/C19H25N3O5/c1-3-27-16-14(5-4-8-20-16)17(24)22-12-19(11-15(22)18(25)26)6-9-21(10-7-19)13(2)23/h4-5,8,15H,3,6-7,9-12H2,1-2H3,(H,25,26)/t15-/m0/s1. The summed E-state index contributed by atoms with van der Waals surface area (Å²) in [6, 6.07) is 2.38. The monoisotopic (exact) mass is 375 g/mol. The number of carboxylic acid groups (broad SMARTS) is 1. The second-order valence-electron chi connectivity index (χ2n) is 7.29. The zero-order chi connectivity index (χ0) is 19.6. The third-order valence-electron chi connectivity index (χ3n) is 5.61. The summed E-state index contributed by atoms with van der Waals surface area (Å²) in [5.41, 5.74) is 0.0161. The van der Waals surface area contributed by atoms with Crippen molar-refractivity contribution in [2.45, 2.75) is 39.2 Å². The molecule has 1 aromatic heterocycles. The van der Waals surface area contributed by atoms with Crippen molar-refractivity contribution in [1.82, 2.24) is 14.8 Å². The highest BCUT2D eigenvalue weighted by atomic mass is 16.5. The van der Waals surface area contributed by atoms with Gasteiger partial charge in [-0.15, -0.1) is 0 Å². The van der Waals surface area contributed by atoms with E-state index in [1.807, 2.05) is 0 Å². The number of aliphatic carboxylic acids is 1. The fourth-order valence-electron chi connectivity index (χ4n) is 4.11. The molecule has 27 heavy (non-hydrogen) atoms. The summed E-state index contributed by atoms with van der Waals surface area (Å²) in [6.07, 6.45) is 3.35. The zero-order valence-corrected chi connectivity index (χ0v) is 15.7. The van der Waals surface area contributed by atoms with Crippen LogP contribution in [0.5, 0.6) is 5.88 Å². The molecule has 0 unspecified atom stereocenters. The number of ether oxygens (including phenoxy) is 1. The summed E-state index contributed by atoms with van der Waals surface area (Å²) in [5, 5.41) is 9.70. The van der Waals surface area contributed by atoms with Gasteiger partial charge in [0.25, 0.3) is 5.91 Å². The van der Waals surface area contributed by atoms with Crippen LogP contribution in [0.15, 0.2) is 18.3 Å². The number of nitrogens with zero attached hydrogens (tertiary/aromatic N) is 3. The van der Waals surface area contributed by atoms with Gasteiger partial charge in [-0.05, 0) is 43.7 Å². The smallest absolute Gasteiger partial charge is 0.326 e. The molecule has 0 aliphatic carbocycles. The number of carbonyl (C=O) groups excluding carboxylic acids is 2. The Morgan fingerprint density at radius 2 is 2.04 bits per heavy atom. The van der Waals surface area contributed by atoms with Gasteiger partial charge in [0.05, 0.1) is 6.61 Å². The van der Waals surface area contributed by atoms with Gasteiger partial charge in [0.1, 0.15) is 11.6 Å². The van der Waals surface area contributed by atoms with E-state index in [0.717, 1.165) is 0 Å². The third kappa shape index (κ3) is 3.74. The quantitative estimate of drug-likeness (QED) is 0.854. The van der Waals surface area contributed by atoms with Crippen molar-refractivity contribution in [3.05, 3.63) is 23.9 Å². The Labute approximate surface area is 158 Å². The Balaban J connectivity index is 1.83. The second-order valence-corrected chi connectivity index (χ2v) is 7.29. The first-order chi connectivity index (χ1) is 12.9. The zero-order valence-electron chi connectivity index (χ0n) is 15.7. The van der Waals surface area contributed by atoms with Crippen LogP contribution in [0.3, 0.4) is 0 Å². The van der Waals surface area contributed by atoms with E-state index >= 15 is 0 Å². The van der Waals surface area contributed by atoms with Crippen LogP contribution in [-0.4, -0.2) is 70.0 Å². The molecule has 2 aliphatic heterocycles. The van der Waals surface area contributed by atoms with E-state index in [9.17, 15) is 19.5 Å². The number of carbonyl (C=O) groups is 3. The molecule has 1 spiro atoms. The van der Waals surface area contributed by atoms with Crippen LogP contribution in [-0.2, 0) is 9.59 Å². The minimum Gasteiger partial charge on any atom is -0.480 e. The number of aromatic nitrogens is 1. The first-order valence-electron chi connectivity index (χ1n) is 9.24. The number of hydrogen-bond donors (Lipinski definition) is 1. The molecule has 1 atom stereocenters. The summed E-state index contributed by atoms with van der Waals surface area (Å²) < 4.78 is 5.44. The number of piperidine rings is 1. The molecule has 2 aliphatic rings. The van der Waals surface area contributed by atoms with E-state index in [4.69, 9.17) is 4.74 Å². The van der Waals surface area contributed by atoms with Crippen LogP contribution in [0.4, 0.5) is 0 Å². The molecule has 1 aromatic rings. The Morgan fingerprint density at radius 3 is 2.63 bits per heavy atom. The molecule has 146 valence electrons. The highest BCUT2D eigenvalue weighted by Gasteiger charge is 2.50. The molecule has 8 heteroatoms. The molecule has 2 saturated heterocycles. The van der Waals surface area contributed by atoms with Crippen LogP contribution in [0.2, 0.25) is 0 Å². The van der Waals surface area contributed by atoms with Gasteiger partial charge in [-0.1, -0.05) is 0 Å². The molecule has 3 rings (SSSR count). The number of hydrogen-bond acceptors (Lipinski definition) is 5. The Hall–Kier alpha value is -2.64. The van der Waals surface area contributed by atoms with Gasteiger partial charge < -0.3 is 19.6 Å². The molecule has 0 aromatic carbocycles. The van der Waals surface area contributed by atoms with Crippen LogP contribution in [0.1, 0.15) is 43.5 Å². The maximum absolute atomic E-state index is 13.1. The summed E-state index contributed by atoms with van der Waals surface area (Å²) in [6.45, 7) is 5.28. The molecular formula is C19H25N3O5. The van der Waals surface area contributed by atoms with Crippen LogP contribution in [0, 0.1) is 5.41 Å². The number of amides is 2. The summed E-state index contributed by atoms with van der Waals surface area (Å²) in [4.78, 5) is 43.9. The highest BCUT2D eigenvalue weighted by molar-refractivity contribution is 5.98. The molecule has 3 heterocycles. The van der Waals surface area contributed by atoms with Crippen molar-refractivity contribution in [2.75, 3.05) is 26.2 Å². The van der Waals surface area contributed by atoms with Gasteiger partial charge in [-0.25, -0.2) is 9.78 Å². The predicted molar refractivity (Wildman–Crippen MR) is 96.4 cm³/mol. The lowest BCUT2D eigenvalue weighted by Crippen LogP contribution is -2.44. The van der Waals surface area contributed by atoms with E-state index in [0.29, 0.717) is 45.5 Å². The van der Waals surface area contributed by atoms with Crippen LogP contribution < -0.4 is 4.74 Å². The normalized spacial score (nSPS) is 21.3. The Kier molecular flexibility index (Phi) is 5.34. The lowest BCUT2D eigenvalue weighted by Gasteiger charge is -2.38. The van der Waals surface area contributed by atoms with Crippen LogP contribution in [0.25, 0.3) is 0 Å². The molecule has 8 nitrogen and oxygen atoms in total. The van der Waals surface area contributed by atoms with Gasteiger partial charge in [0, 0.05) is 32.8 Å². The Bertz CT molecular complexity index is 743. The molecule has 1 N–H and O–H groups in total. The molecular weight excluding hydrogens is 350 g/mol. The maximum Gasteiger partial charge on any atom is 0.326 e. The van der Waals surface area contributed by atoms with E-state index < -0.39 is 12.0 Å². The Morgan fingerprint density at radius 1 is 1.33 bits per heavy atom. The molecule has 2 amide bonds. The lowest BCUT2D eigenvalue weighted by atomic mass is 9.76. The molecule has 2 fully saturated rings. The van der Waals surface area contributed by atoms with E-state index in [-0.39, 0.29) is 28.7 Å². The van der Waals surface area contributed by atoms with Gasteiger partial charge in [-0.2, -0.15) is 0 Å². The first-order valence-corrected chi connectivity index (χ1v) is 9.24. The molecule has 0 radical (unpaired) electrons. The number of rotatable bonds is 4. The fraction of sp³-hybridized carbons (Fsp3) is 0.579. The van der Waals surface area contributed by atoms with E-state index in [1.54, 1.807) is 37.1 Å². The average molecular weight is 375 g/mol. The summed E-state index contributed by atoms with van der Waals surface area (Å²) in [7, 11) is 0. The highest BCUT2D eigenvalue weighted by Crippen LogP contribution is 2.44. The van der Waals surface area contributed by atoms with Gasteiger partial charge in [0.2, 0.25) is 11.8 Å². The predicted octanol–water partition coefficient (Wildman–Crippen LogP) is 1.41. The summed E-state index contributed by atoms with van der Waals surface area (Å²) in [5.74, 6) is -1.12. The van der Waals surface area contributed by atoms with Crippen molar-refractivity contribution in [2.24, 2.45) is 5.41 Å². The van der Waals surface area contributed by atoms with Gasteiger partial charge >= 0.3 is 5.97 Å². The van der Waals surface area contributed by atoms with Gasteiger partial charge in [-0.3, -0.25) is 9.59 Å². The third-order valence-corrected chi connectivity index (χ3v) is 5.61. The summed E-state index contributed by atoms with van der Waals surface area (Å²) >= 11 is 0. The van der Waals surface area contributed by atoms with E-state index in [1.165, 1.54) is 4.90 Å². The van der Waals surface area contributed by atoms with Gasteiger partial charge in [0.15, 0.2) is 0 Å². The van der Waals surface area contributed by atoms with Crippen molar-refractivity contribution in [3.63, 3.8) is 0 Å². The minimum atomic E-state index is -1.00. The van der Waals surface area contributed by atoms with Crippen LogP contribution >= 0.6 is 0 Å². The first kappa shape index (κ1) is 19.1. The molecule has 0 saturated carbocycles. The van der Waals surface area contributed by atoms with Crippen molar-refractivity contribution >= 4 is 17.8 Å². The number of pyridine rings is 1. The lowest BCUT2D eigenvalue weighted by molar-refractivity contribution is -0.141. The number of carboxylic acids is 1. The fourth-order valence-corrected chi connectivity index (χ4v) is 4.11. The molecule has 0 bridgehead atoms. The van der Waals surface area contributed by atoms with Crippen molar-refractivity contribution < 1.29 is 24.2 Å². The SMILES string of the molecule is CCOc1ncccc1C(=O)N1CC2(CCN(C(C)=O)CC2)C[C@H]1C(=O)O. The minimum absolute atomic E-state index is 0.0299. The maximum atomic E-state index is 13.1.